The van der Waals surface area contributed by atoms with Crippen LogP contribution in [0.4, 0.5) is 0 Å². The highest BCUT2D eigenvalue weighted by Crippen LogP contribution is 2.23. The van der Waals surface area contributed by atoms with Crippen molar-refractivity contribution in [2.45, 2.75) is 32.1 Å². The summed E-state index contributed by atoms with van der Waals surface area (Å²) in [5.41, 5.74) is 0. The maximum atomic E-state index is 11.6. The molecule has 86 valence electrons. The van der Waals surface area contributed by atoms with E-state index in [-0.39, 0.29) is 0 Å². The molecule has 15 heavy (non-hydrogen) atoms. The van der Waals surface area contributed by atoms with E-state index in [4.69, 9.17) is 4.74 Å². The number of Topliss-reactive ketones (excluding diaryl/α,β-unsaturated/α-hetero) is 1. The smallest absolute Gasteiger partial charge is 0.138 e. The molecule has 0 aromatic rings. The Bertz CT molecular complexity index is 212. The standard InChI is InChI=1S/C12H21NO2/c14-12-3-6-13-9-11(12)2-1-10-4-7-15-8-5-10/h10-11,13H,1-9H2. The molecule has 0 aliphatic carbocycles. The Morgan fingerprint density at radius 1 is 1.27 bits per heavy atom. The van der Waals surface area contributed by atoms with Gasteiger partial charge in [0.15, 0.2) is 0 Å². The monoisotopic (exact) mass is 211 g/mol. The molecule has 0 amide bonds. The lowest BCUT2D eigenvalue weighted by molar-refractivity contribution is -0.124. The highest BCUT2D eigenvalue weighted by molar-refractivity contribution is 5.82. The second-order valence-corrected chi connectivity index (χ2v) is 4.75. The molecule has 2 fully saturated rings. The summed E-state index contributed by atoms with van der Waals surface area (Å²) in [7, 11) is 0. The molecule has 1 unspecified atom stereocenters. The van der Waals surface area contributed by atoms with Crippen molar-refractivity contribution in [3.05, 3.63) is 0 Å². The fourth-order valence-corrected chi connectivity index (χ4v) is 2.54. The van der Waals surface area contributed by atoms with Crippen LogP contribution < -0.4 is 5.32 Å². The van der Waals surface area contributed by atoms with Crippen molar-refractivity contribution in [1.82, 2.24) is 5.32 Å². The lowest BCUT2D eigenvalue weighted by atomic mass is 9.87. The molecule has 2 aliphatic heterocycles. The second kappa shape index (κ2) is 5.61. The van der Waals surface area contributed by atoms with Crippen LogP contribution in [0.5, 0.6) is 0 Å². The van der Waals surface area contributed by atoms with E-state index in [1.54, 1.807) is 0 Å². The molecule has 0 bridgehead atoms. The molecule has 2 aliphatic rings. The third-order valence-corrected chi connectivity index (χ3v) is 3.66. The van der Waals surface area contributed by atoms with Crippen LogP contribution in [-0.2, 0) is 9.53 Å². The van der Waals surface area contributed by atoms with Crippen molar-refractivity contribution in [3.8, 4) is 0 Å². The molecular weight excluding hydrogens is 190 g/mol. The maximum absolute atomic E-state index is 11.6. The molecule has 0 radical (unpaired) electrons. The van der Waals surface area contributed by atoms with Crippen molar-refractivity contribution < 1.29 is 9.53 Å². The number of piperidine rings is 1. The molecule has 2 heterocycles. The first kappa shape index (κ1) is 11.1. The molecule has 3 nitrogen and oxygen atoms in total. The quantitative estimate of drug-likeness (QED) is 0.766. The Kier molecular flexibility index (Phi) is 4.15. The van der Waals surface area contributed by atoms with Gasteiger partial charge in [-0.25, -0.2) is 0 Å². The van der Waals surface area contributed by atoms with Gasteiger partial charge in [-0.15, -0.1) is 0 Å². The van der Waals surface area contributed by atoms with Crippen molar-refractivity contribution in [2.75, 3.05) is 26.3 Å². The molecular formula is C12H21NO2. The zero-order chi connectivity index (χ0) is 10.5. The van der Waals surface area contributed by atoms with Crippen molar-refractivity contribution >= 4 is 5.78 Å². The molecule has 1 N–H and O–H groups in total. The number of hydrogen-bond acceptors (Lipinski definition) is 3. The number of ketones is 1. The predicted molar refractivity (Wildman–Crippen MR) is 58.8 cm³/mol. The molecule has 0 spiro atoms. The fraction of sp³-hybridized carbons (Fsp3) is 0.917. The van der Waals surface area contributed by atoms with E-state index in [2.05, 4.69) is 5.32 Å². The first-order valence-corrected chi connectivity index (χ1v) is 6.17. The zero-order valence-electron chi connectivity index (χ0n) is 9.34. The summed E-state index contributed by atoms with van der Waals surface area (Å²) in [4.78, 5) is 11.6. The molecule has 2 rings (SSSR count). The number of rotatable bonds is 3. The minimum atomic E-state index is 0.293. The first-order chi connectivity index (χ1) is 7.36. The largest absolute Gasteiger partial charge is 0.381 e. The molecule has 0 saturated carbocycles. The van der Waals surface area contributed by atoms with Crippen LogP contribution in [0.15, 0.2) is 0 Å². The van der Waals surface area contributed by atoms with Crippen molar-refractivity contribution in [2.24, 2.45) is 11.8 Å². The Labute approximate surface area is 91.6 Å². The molecule has 3 heteroatoms. The molecule has 0 aromatic carbocycles. The van der Waals surface area contributed by atoms with Gasteiger partial charge in [0.2, 0.25) is 0 Å². The van der Waals surface area contributed by atoms with E-state index in [9.17, 15) is 4.79 Å². The third-order valence-electron chi connectivity index (χ3n) is 3.66. The van der Waals surface area contributed by atoms with Gasteiger partial charge in [0, 0.05) is 38.6 Å². The van der Waals surface area contributed by atoms with E-state index in [1.165, 1.54) is 19.3 Å². The van der Waals surface area contributed by atoms with Crippen LogP contribution in [0.3, 0.4) is 0 Å². The fourth-order valence-electron chi connectivity index (χ4n) is 2.54. The van der Waals surface area contributed by atoms with Gasteiger partial charge in [-0.1, -0.05) is 0 Å². The lowest BCUT2D eigenvalue weighted by Crippen LogP contribution is -2.37. The van der Waals surface area contributed by atoms with Crippen LogP contribution in [-0.4, -0.2) is 32.1 Å². The highest BCUT2D eigenvalue weighted by atomic mass is 16.5. The molecule has 0 aromatic heterocycles. The van der Waals surface area contributed by atoms with Crippen LogP contribution in [0.1, 0.15) is 32.1 Å². The van der Waals surface area contributed by atoms with Crippen molar-refractivity contribution in [1.29, 1.82) is 0 Å². The summed E-state index contributed by atoms with van der Waals surface area (Å²) in [6, 6.07) is 0. The second-order valence-electron chi connectivity index (χ2n) is 4.75. The van der Waals surface area contributed by atoms with Crippen LogP contribution in [0.2, 0.25) is 0 Å². The first-order valence-electron chi connectivity index (χ1n) is 6.17. The summed E-state index contributed by atoms with van der Waals surface area (Å²) in [5.74, 6) is 1.57. The highest BCUT2D eigenvalue weighted by Gasteiger charge is 2.23. The summed E-state index contributed by atoms with van der Waals surface area (Å²) >= 11 is 0. The Morgan fingerprint density at radius 3 is 2.80 bits per heavy atom. The van der Waals surface area contributed by atoms with Gasteiger partial charge in [-0.3, -0.25) is 4.79 Å². The van der Waals surface area contributed by atoms with E-state index < -0.39 is 0 Å². The average Bonchev–Trinajstić information content (AvgIpc) is 2.29. The summed E-state index contributed by atoms with van der Waals surface area (Å²) in [5, 5.41) is 3.31. The Morgan fingerprint density at radius 2 is 2.07 bits per heavy atom. The lowest BCUT2D eigenvalue weighted by Gasteiger charge is -2.26. The summed E-state index contributed by atoms with van der Waals surface area (Å²) in [6.07, 6.45) is 5.40. The van der Waals surface area contributed by atoms with Crippen molar-refractivity contribution in [3.63, 3.8) is 0 Å². The molecule has 1 atom stereocenters. The average molecular weight is 211 g/mol. The predicted octanol–water partition coefficient (Wildman–Crippen LogP) is 1.37. The van der Waals surface area contributed by atoms with Crippen LogP contribution >= 0.6 is 0 Å². The van der Waals surface area contributed by atoms with E-state index in [1.807, 2.05) is 0 Å². The number of carbonyl (C=O) groups excluding carboxylic acids is 1. The Balaban J connectivity index is 1.69. The van der Waals surface area contributed by atoms with Gasteiger partial charge in [0.25, 0.3) is 0 Å². The Hall–Kier alpha value is -0.410. The zero-order valence-corrected chi connectivity index (χ0v) is 9.34. The van der Waals surface area contributed by atoms with Crippen LogP contribution in [0.25, 0.3) is 0 Å². The van der Waals surface area contributed by atoms with Gasteiger partial charge in [-0.2, -0.15) is 0 Å². The van der Waals surface area contributed by atoms with Gasteiger partial charge in [-0.05, 0) is 31.6 Å². The summed E-state index contributed by atoms with van der Waals surface area (Å²) < 4.78 is 5.33. The number of hydrogen-bond donors (Lipinski definition) is 1. The van der Waals surface area contributed by atoms with Gasteiger partial charge >= 0.3 is 0 Å². The SMILES string of the molecule is O=C1CCNCC1CCC1CCOCC1. The van der Waals surface area contributed by atoms with E-state index in [0.717, 1.165) is 45.1 Å². The van der Waals surface area contributed by atoms with E-state index >= 15 is 0 Å². The van der Waals surface area contributed by atoms with E-state index in [0.29, 0.717) is 11.7 Å². The van der Waals surface area contributed by atoms with Gasteiger partial charge < -0.3 is 10.1 Å². The number of carbonyl (C=O) groups is 1. The minimum Gasteiger partial charge on any atom is -0.381 e. The molecule has 2 saturated heterocycles. The number of nitrogens with one attached hydrogen (secondary N) is 1. The summed E-state index contributed by atoms with van der Waals surface area (Å²) in [6.45, 7) is 3.62. The topological polar surface area (TPSA) is 38.3 Å². The van der Waals surface area contributed by atoms with Gasteiger partial charge in [0.1, 0.15) is 5.78 Å². The normalized spacial score (nSPS) is 29.3. The third kappa shape index (κ3) is 3.28. The maximum Gasteiger partial charge on any atom is 0.138 e. The van der Waals surface area contributed by atoms with Crippen LogP contribution in [0, 0.1) is 11.8 Å². The number of ether oxygens (including phenoxy) is 1. The van der Waals surface area contributed by atoms with Gasteiger partial charge in [0.05, 0.1) is 0 Å². The minimum absolute atomic E-state index is 0.293.